The number of piperidine rings is 1. The van der Waals surface area contributed by atoms with Crippen LogP contribution < -0.4 is 9.57 Å². The van der Waals surface area contributed by atoms with E-state index in [0.717, 1.165) is 30.5 Å². The molecule has 1 aliphatic heterocycles. The number of carbonyl (C=O) groups excluding carboxylic acids is 1. The zero-order chi connectivity index (χ0) is 19.2. The molecule has 2 aromatic heterocycles. The Morgan fingerprint density at radius 1 is 1.04 bits per heavy atom. The van der Waals surface area contributed by atoms with Crippen LogP contribution in [0, 0.1) is 0 Å². The number of hydrogen-bond acceptors (Lipinski definition) is 5. The topological polar surface area (TPSA) is 69.5 Å². The minimum Gasteiger partial charge on any atom is -0.410 e. The molecule has 7 nitrogen and oxygen atoms in total. The maximum atomic E-state index is 12.4. The van der Waals surface area contributed by atoms with Crippen LogP contribution in [0.15, 0.2) is 67.1 Å². The van der Waals surface area contributed by atoms with Crippen molar-refractivity contribution in [2.75, 3.05) is 13.1 Å². The van der Waals surface area contributed by atoms with Crippen molar-refractivity contribution in [3.8, 4) is 5.75 Å². The quantitative estimate of drug-likeness (QED) is 0.683. The van der Waals surface area contributed by atoms with Gasteiger partial charge in [0.05, 0.1) is 12.4 Å². The SMILES string of the molecule is O=C(Oc1ccc(Cc2ccccn2)cc1)N1CCC(On2cccn2)CC1. The zero-order valence-electron chi connectivity index (χ0n) is 15.5. The number of likely N-dealkylation sites (tertiary alicyclic amines) is 1. The van der Waals surface area contributed by atoms with Gasteiger partial charge in [-0.3, -0.25) is 4.98 Å². The molecule has 144 valence electrons. The van der Waals surface area contributed by atoms with Crippen LogP contribution in [-0.2, 0) is 6.42 Å². The maximum absolute atomic E-state index is 12.4. The molecule has 0 bridgehead atoms. The van der Waals surface area contributed by atoms with E-state index in [2.05, 4.69) is 10.1 Å². The summed E-state index contributed by atoms with van der Waals surface area (Å²) in [5.41, 5.74) is 2.13. The van der Waals surface area contributed by atoms with Crippen LogP contribution in [0.3, 0.4) is 0 Å². The first-order valence-corrected chi connectivity index (χ1v) is 9.39. The minimum atomic E-state index is -0.324. The molecule has 0 atom stereocenters. The molecule has 7 heteroatoms. The van der Waals surface area contributed by atoms with Gasteiger partial charge in [0, 0.05) is 44.2 Å². The van der Waals surface area contributed by atoms with Crippen LogP contribution in [0.5, 0.6) is 5.75 Å². The van der Waals surface area contributed by atoms with Gasteiger partial charge in [-0.05, 0) is 35.9 Å². The second-order valence-corrected chi connectivity index (χ2v) is 6.71. The van der Waals surface area contributed by atoms with Crippen molar-refractivity contribution in [1.82, 2.24) is 19.8 Å². The van der Waals surface area contributed by atoms with Crippen molar-refractivity contribution < 1.29 is 14.4 Å². The van der Waals surface area contributed by atoms with E-state index >= 15 is 0 Å². The van der Waals surface area contributed by atoms with Crippen molar-refractivity contribution in [1.29, 1.82) is 0 Å². The molecule has 0 aliphatic carbocycles. The van der Waals surface area contributed by atoms with Crippen molar-refractivity contribution in [3.05, 3.63) is 78.4 Å². The molecule has 0 saturated carbocycles. The molecule has 0 N–H and O–H groups in total. The Kier molecular flexibility index (Phi) is 5.51. The van der Waals surface area contributed by atoms with Crippen LogP contribution in [0.25, 0.3) is 0 Å². The third-order valence-corrected chi connectivity index (χ3v) is 4.68. The van der Waals surface area contributed by atoms with E-state index in [0.29, 0.717) is 18.8 Å². The lowest BCUT2D eigenvalue weighted by molar-refractivity contribution is -0.0162. The smallest absolute Gasteiger partial charge is 0.410 e. The number of rotatable bonds is 5. The maximum Gasteiger partial charge on any atom is 0.415 e. The molecule has 28 heavy (non-hydrogen) atoms. The van der Waals surface area contributed by atoms with Crippen LogP contribution >= 0.6 is 0 Å². The number of pyridine rings is 1. The lowest BCUT2D eigenvalue weighted by Gasteiger charge is -2.30. The standard InChI is InChI=1S/C21H22N4O3/c26-21(24-14-9-20(10-15-24)28-25-13-3-12-23-25)27-19-7-5-17(6-8-19)16-18-4-1-2-11-22-18/h1-8,11-13,20H,9-10,14-16H2. The molecule has 1 aliphatic rings. The normalized spacial score (nSPS) is 14.6. The van der Waals surface area contributed by atoms with Crippen LogP contribution in [0.1, 0.15) is 24.1 Å². The number of carbonyl (C=O) groups is 1. The molecule has 0 radical (unpaired) electrons. The van der Waals surface area contributed by atoms with E-state index in [4.69, 9.17) is 9.57 Å². The fourth-order valence-corrected chi connectivity index (χ4v) is 3.17. The van der Waals surface area contributed by atoms with Crippen molar-refractivity contribution in [2.24, 2.45) is 0 Å². The Morgan fingerprint density at radius 3 is 2.54 bits per heavy atom. The van der Waals surface area contributed by atoms with Gasteiger partial charge in [0.15, 0.2) is 0 Å². The van der Waals surface area contributed by atoms with Gasteiger partial charge in [-0.15, -0.1) is 9.94 Å². The summed E-state index contributed by atoms with van der Waals surface area (Å²) in [6.45, 7) is 1.20. The van der Waals surface area contributed by atoms with E-state index in [-0.39, 0.29) is 12.2 Å². The highest BCUT2D eigenvalue weighted by Gasteiger charge is 2.25. The fraction of sp³-hybridized carbons (Fsp3) is 0.286. The van der Waals surface area contributed by atoms with Crippen LogP contribution in [0.4, 0.5) is 4.79 Å². The Morgan fingerprint density at radius 2 is 1.86 bits per heavy atom. The molecule has 0 spiro atoms. The highest BCUT2D eigenvalue weighted by Crippen LogP contribution is 2.18. The number of benzene rings is 1. The summed E-state index contributed by atoms with van der Waals surface area (Å²) in [4.78, 5) is 25.6. The summed E-state index contributed by atoms with van der Waals surface area (Å²) in [5, 5.41) is 4.04. The van der Waals surface area contributed by atoms with Gasteiger partial charge in [0.25, 0.3) is 0 Å². The fourth-order valence-electron chi connectivity index (χ4n) is 3.17. The summed E-state index contributed by atoms with van der Waals surface area (Å²) >= 11 is 0. The number of ether oxygens (including phenoxy) is 1. The average Bonchev–Trinajstić information content (AvgIpc) is 3.24. The first-order valence-electron chi connectivity index (χ1n) is 9.39. The lowest BCUT2D eigenvalue weighted by atomic mass is 10.1. The third kappa shape index (κ3) is 4.68. The summed E-state index contributed by atoms with van der Waals surface area (Å²) in [6, 6.07) is 15.2. The monoisotopic (exact) mass is 378 g/mol. The van der Waals surface area contributed by atoms with Crippen molar-refractivity contribution >= 4 is 6.09 Å². The van der Waals surface area contributed by atoms with Crippen molar-refractivity contribution in [2.45, 2.75) is 25.4 Å². The average molecular weight is 378 g/mol. The Labute approximate surface area is 163 Å². The van der Waals surface area contributed by atoms with Gasteiger partial charge >= 0.3 is 6.09 Å². The molecule has 0 unspecified atom stereocenters. The number of hydrogen-bond donors (Lipinski definition) is 0. The second-order valence-electron chi connectivity index (χ2n) is 6.71. The predicted octanol–water partition coefficient (Wildman–Crippen LogP) is 2.96. The van der Waals surface area contributed by atoms with Crippen LogP contribution in [0.2, 0.25) is 0 Å². The van der Waals surface area contributed by atoms with Gasteiger partial charge in [0.2, 0.25) is 0 Å². The zero-order valence-corrected chi connectivity index (χ0v) is 15.5. The van der Waals surface area contributed by atoms with E-state index in [1.807, 2.05) is 48.5 Å². The van der Waals surface area contributed by atoms with Crippen molar-refractivity contribution in [3.63, 3.8) is 0 Å². The molecule has 3 heterocycles. The van der Waals surface area contributed by atoms with E-state index in [9.17, 15) is 4.79 Å². The van der Waals surface area contributed by atoms with Gasteiger partial charge in [-0.1, -0.05) is 18.2 Å². The first kappa shape index (κ1) is 18.0. The molecular formula is C21H22N4O3. The second kappa shape index (κ2) is 8.56. The Bertz CT molecular complexity index is 874. The number of amides is 1. The molecular weight excluding hydrogens is 356 g/mol. The molecule has 1 saturated heterocycles. The van der Waals surface area contributed by atoms with E-state index in [1.165, 1.54) is 4.85 Å². The summed E-state index contributed by atoms with van der Waals surface area (Å²) in [6.07, 6.45) is 7.19. The van der Waals surface area contributed by atoms with E-state index < -0.39 is 0 Å². The Hall–Kier alpha value is -3.35. The number of nitrogens with zero attached hydrogens (tertiary/aromatic N) is 4. The highest BCUT2D eigenvalue weighted by molar-refractivity contribution is 5.70. The molecule has 3 aromatic rings. The van der Waals surface area contributed by atoms with Gasteiger partial charge in [-0.2, -0.15) is 0 Å². The van der Waals surface area contributed by atoms with Crippen LogP contribution in [-0.4, -0.2) is 45.1 Å². The molecule has 4 rings (SSSR count). The third-order valence-electron chi connectivity index (χ3n) is 4.68. The predicted molar refractivity (Wildman–Crippen MR) is 103 cm³/mol. The lowest BCUT2D eigenvalue weighted by Crippen LogP contribution is -2.44. The number of aromatic nitrogens is 3. The summed E-state index contributed by atoms with van der Waals surface area (Å²) in [7, 11) is 0. The summed E-state index contributed by atoms with van der Waals surface area (Å²) < 4.78 is 5.51. The molecule has 1 aromatic carbocycles. The molecule has 1 amide bonds. The minimum absolute atomic E-state index is 0.0508. The first-order chi connectivity index (χ1) is 13.8. The van der Waals surface area contributed by atoms with Gasteiger partial charge in [0.1, 0.15) is 11.9 Å². The van der Waals surface area contributed by atoms with E-state index in [1.54, 1.807) is 23.5 Å². The summed E-state index contributed by atoms with van der Waals surface area (Å²) in [5.74, 6) is 0.546. The van der Waals surface area contributed by atoms with Gasteiger partial charge in [-0.25, -0.2) is 4.79 Å². The van der Waals surface area contributed by atoms with Gasteiger partial charge < -0.3 is 14.5 Å². The largest absolute Gasteiger partial charge is 0.415 e. The highest BCUT2D eigenvalue weighted by atomic mass is 16.7. The molecule has 1 fully saturated rings. The Balaban J connectivity index is 1.26.